The molecule has 3 aliphatic rings. The molecule has 1 aromatic carbocycles. The van der Waals surface area contributed by atoms with Gasteiger partial charge in [-0.2, -0.15) is 10.4 Å². The van der Waals surface area contributed by atoms with Crippen LogP contribution in [0.25, 0.3) is 0 Å². The molecule has 5 rings (SSSR count). The van der Waals surface area contributed by atoms with Crippen molar-refractivity contribution in [3.05, 3.63) is 57.9 Å². The van der Waals surface area contributed by atoms with E-state index in [1.165, 1.54) is 25.7 Å². The second-order valence-electron chi connectivity index (χ2n) is 8.32. The van der Waals surface area contributed by atoms with Crippen LogP contribution in [0.2, 0.25) is 5.02 Å². The van der Waals surface area contributed by atoms with Crippen molar-refractivity contribution >= 4 is 29.0 Å². The molecule has 1 fully saturated rings. The van der Waals surface area contributed by atoms with Crippen molar-refractivity contribution in [2.75, 3.05) is 5.01 Å². The number of anilines is 1. The molecule has 2 aromatic rings. The quantitative estimate of drug-likeness (QED) is 0.780. The lowest BCUT2D eigenvalue weighted by Crippen LogP contribution is -2.40. The lowest BCUT2D eigenvalue weighted by Gasteiger charge is -2.34. The van der Waals surface area contributed by atoms with Crippen LogP contribution >= 0.6 is 11.6 Å². The highest BCUT2D eigenvalue weighted by Crippen LogP contribution is 2.45. The van der Waals surface area contributed by atoms with E-state index in [1.54, 1.807) is 18.3 Å². The summed E-state index contributed by atoms with van der Waals surface area (Å²) < 4.78 is 0. The second-order valence-corrected chi connectivity index (χ2v) is 8.73. The first-order valence-corrected chi connectivity index (χ1v) is 10.7. The van der Waals surface area contributed by atoms with Gasteiger partial charge in [0.05, 0.1) is 28.0 Å². The number of carboxylic acid groups (broad SMARTS) is 1. The highest BCUT2D eigenvalue weighted by Gasteiger charge is 2.45. The van der Waals surface area contributed by atoms with Crippen LogP contribution in [0.1, 0.15) is 59.3 Å². The number of nitrogens with zero attached hydrogens (tertiary/aromatic N) is 4. The van der Waals surface area contributed by atoms with Crippen LogP contribution in [0.4, 0.5) is 5.69 Å². The zero-order chi connectivity index (χ0) is 20.8. The number of fused-ring (bicyclic) bond motifs is 3. The summed E-state index contributed by atoms with van der Waals surface area (Å²) in [6.07, 6.45) is 8.30. The summed E-state index contributed by atoms with van der Waals surface area (Å²) in [5, 5.41) is 26.1. The van der Waals surface area contributed by atoms with Crippen molar-refractivity contribution in [1.82, 2.24) is 4.98 Å². The summed E-state index contributed by atoms with van der Waals surface area (Å²) in [4.78, 5) is 15.5. The number of pyridine rings is 1. The number of benzene rings is 1. The predicted molar refractivity (Wildman–Crippen MR) is 114 cm³/mol. The first kappa shape index (κ1) is 19.1. The zero-order valence-corrected chi connectivity index (χ0v) is 17.1. The fourth-order valence-electron chi connectivity index (χ4n) is 5.31. The predicted octanol–water partition coefficient (Wildman–Crippen LogP) is 4.65. The molecule has 0 spiro atoms. The Morgan fingerprint density at radius 1 is 1.23 bits per heavy atom. The van der Waals surface area contributed by atoms with Gasteiger partial charge in [-0.15, -0.1) is 0 Å². The third-order valence-electron chi connectivity index (χ3n) is 6.69. The first-order valence-electron chi connectivity index (χ1n) is 10.4. The van der Waals surface area contributed by atoms with Crippen LogP contribution in [-0.4, -0.2) is 27.8 Å². The topological polar surface area (TPSA) is 89.6 Å². The smallest absolute Gasteiger partial charge is 0.354 e. The molecule has 0 bridgehead atoms. The van der Waals surface area contributed by atoms with Crippen LogP contribution in [0.3, 0.4) is 0 Å². The molecule has 1 aromatic heterocycles. The molecule has 30 heavy (non-hydrogen) atoms. The molecule has 2 atom stereocenters. The van der Waals surface area contributed by atoms with E-state index in [-0.39, 0.29) is 17.7 Å². The van der Waals surface area contributed by atoms with E-state index in [4.69, 9.17) is 16.7 Å². The van der Waals surface area contributed by atoms with Crippen molar-refractivity contribution in [2.24, 2.45) is 16.9 Å². The average Bonchev–Trinajstić information content (AvgIpc) is 3.40. The van der Waals surface area contributed by atoms with Crippen molar-refractivity contribution in [3.8, 4) is 6.07 Å². The Kier molecular flexibility index (Phi) is 4.71. The number of aromatic carboxylic acids is 1. The lowest BCUT2D eigenvalue weighted by molar-refractivity contribution is 0.0690. The molecule has 1 saturated carbocycles. The van der Waals surface area contributed by atoms with Gasteiger partial charge in [-0.3, -0.25) is 5.01 Å². The zero-order valence-electron chi connectivity index (χ0n) is 16.4. The Bertz CT molecular complexity index is 1100. The third kappa shape index (κ3) is 3.05. The Morgan fingerprint density at radius 3 is 2.73 bits per heavy atom. The van der Waals surface area contributed by atoms with Gasteiger partial charge in [0.25, 0.3) is 0 Å². The summed E-state index contributed by atoms with van der Waals surface area (Å²) in [5.41, 5.74) is 4.39. The fraction of sp³-hybridized carbons (Fsp3) is 0.391. The van der Waals surface area contributed by atoms with Crippen molar-refractivity contribution in [2.45, 2.75) is 44.6 Å². The normalized spacial score (nSPS) is 22.9. The number of hydrogen-bond donors (Lipinski definition) is 1. The van der Waals surface area contributed by atoms with Gasteiger partial charge in [0.2, 0.25) is 0 Å². The third-order valence-corrected chi connectivity index (χ3v) is 7.00. The van der Waals surface area contributed by atoms with E-state index in [0.29, 0.717) is 16.5 Å². The summed E-state index contributed by atoms with van der Waals surface area (Å²) in [7, 11) is 0. The van der Waals surface area contributed by atoms with Crippen LogP contribution in [0.15, 0.2) is 35.6 Å². The van der Waals surface area contributed by atoms with Gasteiger partial charge in [-0.1, -0.05) is 24.4 Å². The molecule has 6 nitrogen and oxygen atoms in total. The number of aryl methyl sites for hydroxylation is 1. The molecule has 0 radical (unpaired) electrons. The van der Waals surface area contributed by atoms with Crippen molar-refractivity contribution in [3.63, 3.8) is 0 Å². The molecule has 0 amide bonds. The number of hydrazone groups is 1. The van der Waals surface area contributed by atoms with Crippen LogP contribution in [-0.2, 0) is 6.42 Å². The lowest BCUT2D eigenvalue weighted by atomic mass is 9.75. The number of carbonyl (C=O) groups is 1. The molecule has 1 aliphatic heterocycles. The van der Waals surface area contributed by atoms with E-state index in [9.17, 15) is 15.2 Å². The Labute approximate surface area is 179 Å². The molecule has 7 heteroatoms. The number of halogens is 1. The Balaban J connectivity index is 1.59. The van der Waals surface area contributed by atoms with E-state index < -0.39 is 5.97 Å². The standard InChI is InChI=1S/C23H21ClN4O2/c24-19-10-16(7-5-15(19)11-25)28-22(13-3-1-2-4-13)17-8-6-14-9-20(23(29)30)26-12-18(14)21(17)27-28/h5,7,9-10,12-13,17,22H,1-4,6,8H2,(H,29,30). The van der Waals surface area contributed by atoms with Gasteiger partial charge in [-0.25, -0.2) is 9.78 Å². The molecular weight excluding hydrogens is 400 g/mol. The largest absolute Gasteiger partial charge is 0.477 e. The van der Waals surface area contributed by atoms with E-state index in [2.05, 4.69) is 16.1 Å². The average molecular weight is 421 g/mol. The number of hydrogen-bond acceptors (Lipinski definition) is 5. The molecule has 2 heterocycles. The number of aromatic nitrogens is 1. The molecule has 0 saturated heterocycles. The summed E-state index contributed by atoms with van der Waals surface area (Å²) in [6, 6.07) is 9.54. The first-order chi connectivity index (χ1) is 14.6. The van der Waals surface area contributed by atoms with Crippen LogP contribution < -0.4 is 5.01 Å². The Hall–Kier alpha value is -2.91. The number of nitriles is 1. The summed E-state index contributed by atoms with van der Waals surface area (Å²) in [6.45, 7) is 0. The van der Waals surface area contributed by atoms with Crippen molar-refractivity contribution < 1.29 is 9.90 Å². The van der Waals surface area contributed by atoms with E-state index in [0.717, 1.165) is 35.4 Å². The minimum absolute atomic E-state index is 0.0777. The van der Waals surface area contributed by atoms with Crippen LogP contribution in [0, 0.1) is 23.2 Å². The van der Waals surface area contributed by atoms with Gasteiger partial charge < -0.3 is 5.11 Å². The maximum atomic E-state index is 11.3. The van der Waals surface area contributed by atoms with Gasteiger partial charge >= 0.3 is 5.97 Å². The van der Waals surface area contributed by atoms with Gasteiger partial charge in [0.15, 0.2) is 0 Å². The van der Waals surface area contributed by atoms with Gasteiger partial charge in [0, 0.05) is 17.7 Å². The van der Waals surface area contributed by atoms with Crippen LogP contribution in [0.5, 0.6) is 0 Å². The van der Waals surface area contributed by atoms with E-state index >= 15 is 0 Å². The summed E-state index contributed by atoms with van der Waals surface area (Å²) >= 11 is 6.33. The fourth-order valence-corrected chi connectivity index (χ4v) is 5.52. The van der Waals surface area contributed by atoms with Gasteiger partial charge in [0.1, 0.15) is 11.8 Å². The summed E-state index contributed by atoms with van der Waals surface area (Å²) in [5.74, 6) is -0.170. The maximum absolute atomic E-state index is 11.3. The van der Waals surface area contributed by atoms with E-state index in [1.807, 2.05) is 12.1 Å². The molecular formula is C23H21ClN4O2. The van der Waals surface area contributed by atoms with Gasteiger partial charge in [-0.05, 0) is 61.4 Å². The maximum Gasteiger partial charge on any atom is 0.354 e. The minimum Gasteiger partial charge on any atom is -0.477 e. The molecule has 152 valence electrons. The Morgan fingerprint density at radius 2 is 2.03 bits per heavy atom. The number of rotatable bonds is 3. The van der Waals surface area contributed by atoms with Crippen molar-refractivity contribution in [1.29, 1.82) is 5.26 Å². The minimum atomic E-state index is -1.01. The number of carboxylic acids is 1. The second kappa shape index (κ2) is 7.41. The molecule has 2 aliphatic carbocycles. The highest BCUT2D eigenvalue weighted by atomic mass is 35.5. The monoisotopic (exact) mass is 420 g/mol. The SMILES string of the molecule is N#Cc1ccc(N2N=C3c4cnc(C(=O)O)cc4CCC3C2C2CCCC2)cc1Cl. The molecule has 2 unspecified atom stereocenters. The highest BCUT2D eigenvalue weighted by molar-refractivity contribution is 6.32. The molecule has 1 N–H and O–H groups in total.